The molecule has 114 valence electrons. The van der Waals surface area contributed by atoms with Gasteiger partial charge in [0.2, 0.25) is 0 Å². The van der Waals surface area contributed by atoms with Crippen molar-refractivity contribution >= 4 is 0 Å². The Balaban J connectivity index is 2.23. The van der Waals surface area contributed by atoms with E-state index in [0.29, 0.717) is 18.5 Å². The van der Waals surface area contributed by atoms with Crippen LogP contribution in [0.25, 0.3) is 0 Å². The first-order valence-electron chi connectivity index (χ1n) is 7.31. The van der Waals surface area contributed by atoms with Crippen LogP contribution in [0, 0.1) is 11.7 Å². The molecule has 0 radical (unpaired) electrons. The first-order valence-corrected chi connectivity index (χ1v) is 7.31. The minimum absolute atomic E-state index is 0.0873. The second-order valence-corrected chi connectivity index (χ2v) is 5.45. The molecule has 4 heteroatoms. The van der Waals surface area contributed by atoms with Gasteiger partial charge in [0, 0.05) is 12.6 Å². The summed E-state index contributed by atoms with van der Waals surface area (Å²) in [4.78, 5) is 0. The SMILES string of the molecule is CCC(C)CC(C)NCC(O)COc1ccccc1F. The maximum Gasteiger partial charge on any atom is 0.165 e. The molecule has 3 nitrogen and oxygen atoms in total. The first kappa shape index (κ1) is 16.9. The molecule has 0 saturated carbocycles. The number of rotatable bonds is 9. The van der Waals surface area contributed by atoms with Gasteiger partial charge in [-0.15, -0.1) is 0 Å². The third kappa shape index (κ3) is 6.35. The standard InChI is InChI=1S/C16H26FNO2/c1-4-12(2)9-13(3)18-10-14(19)11-20-16-8-6-5-7-15(16)17/h5-8,12-14,18-19H,4,9-11H2,1-3H3. The molecule has 3 atom stereocenters. The molecule has 0 spiro atoms. The van der Waals surface area contributed by atoms with E-state index in [4.69, 9.17) is 4.74 Å². The Labute approximate surface area is 121 Å². The van der Waals surface area contributed by atoms with Crippen LogP contribution in [0.3, 0.4) is 0 Å². The van der Waals surface area contributed by atoms with Crippen LogP contribution in [-0.4, -0.2) is 30.4 Å². The van der Waals surface area contributed by atoms with E-state index in [9.17, 15) is 9.50 Å². The van der Waals surface area contributed by atoms with Gasteiger partial charge in [-0.05, 0) is 31.4 Å². The summed E-state index contributed by atoms with van der Waals surface area (Å²) < 4.78 is 18.6. The fourth-order valence-corrected chi connectivity index (χ4v) is 2.00. The monoisotopic (exact) mass is 283 g/mol. The molecule has 0 aromatic heterocycles. The summed E-state index contributed by atoms with van der Waals surface area (Å²) in [6, 6.07) is 6.57. The molecule has 0 aliphatic rings. The number of hydrogen-bond donors (Lipinski definition) is 2. The lowest BCUT2D eigenvalue weighted by Crippen LogP contribution is -2.37. The molecule has 1 aromatic carbocycles. The van der Waals surface area contributed by atoms with Crippen LogP contribution >= 0.6 is 0 Å². The molecule has 0 amide bonds. The normalized spacial score (nSPS) is 15.7. The quantitative estimate of drug-likeness (QED) is 0.732. The van der Waals surface area contributed by atoms with E-state index in [-0.39, 0.29) is 12.4 Å². The van der Waals surface area contributed by atoms with Crippen molar-refractivity contribution in [2.75, 3.05) is 13.2 Å². The second-order valence-electron chi connectivity index (χ2n) is 5.45. The van der Waals surface area contributed by atoms with Crippen molar-refractivity contribution in [1.82, 2.24) is 5.32 Å². The molecule has 3 unspecified atom stereocenters. The van der Waals surface area contributed by atoms with Crippen molar-refractivity contribution in [2.24, 2.45) is 5.92 Å². The van der Waals surface area contributed by atoms with Crippen LogP contribution in [0.4, 0.5) is 4.39 Å². The maximum atomic E-state index is 13.3. The van der Waals surface area contributed by atoms with Gasteiger partial charge in [-0.1, -0.05) is 32.4 Å². The van der Waals surface area contributed by atoms with E-state index in [0.717, 1.165) is 12.8 Å². The molecule has 0 bridgehead atoms. The zero-order valence-corrected chi connectivity index (χ0v) is 12.6. The molecule has 0 aliphatic heterocycles. The smallest absolute Gasteiger partial charge is 0.165 e. The molecule has 0 saturated heterocycles. The van der Waals surface area contributed by atoms with Crippen molar-refractivity contribution in [3.8, 4) is 5.75 Å². The van der Waals surface area contributed by atoms with E-state index in [1.165, 1.54) is 6.07 Å². The molecule has 1 aromatic rings. The predicted octanol–water partition coefficient (Wildman–Crippen LogP) is 2.98. The highest BCUT2D eigenvalue weighted by Crippen LogP contribution is 2.15. The van der Waals surface area contributed by atoms with Crippen LogP contribution in [0.15, 0.2) is 24.3 Å². The van der Waals surface area contributed by atoms with Crippen LogP contribution < -0.4 is 10.1 Å². The number of ether oxygens (including phenoxy) is 1. The lowest BCUT2D eigenvalue weighted by molar-refractivity contribution is 0.101. The summed E-state index contributed by atoms with van der Waals surface area (Å²) in [7, 11) is 0. The van der Waals surface area contributed by atoms with Gasteiger partial charge in [0.15, 0.2) is 11.6 Å². The number of halogens is 1. The third-order valence-electron chi connectivity index (χ3n) is 3.42. The zero-order valence-electron chi connectivity index (χ0n) is 12.6. The number of benzene rings is 1. The molecular formula is C16H26FNO2. The summed E-state index contributed by atoms with van der Waals surface area (Å²) in [5, 5.41) is 13.1. The Morgan fingerprint density at radius 1 is 1.30 bits per heavy atom. The van der Waals surface area contributed by atoms with Crippen LogP contribution in [-0.2, 0) is 0 Å². The van der Waals surface area contributed by atoms with Crippen molar-refractivity contribution in [3.63, 3.8) is 0 Å². The van der Waals surface area contributed by atoms with Gasteiger partial charge in [-0.25, -0.2) is 4.39 Å². The lowest BCUT2D eigenvalue weighted by atomic mass is 10.0. The summed E-state index contributed by atoms with van der Waals surface area (Å²) >= 11 is 0. The van der Waals surface area contributed by atoms with E-state index in [2.05, 4.69) is 26.1 Å². The van der Waals surface area contributed by atoms with E-state index in [1.54, 1.807) is 18.2 Å². The van der Waals surface area contributed by atoms with Gasteiger partial charge in [0.05, 0.1) is 0 Å². The molecule has 1 rings (SSSR count). The average molecular weight is 283 g/mol. The molecule has 0 aliphatic carbocycles. The number of para-hydroxylation sites is 1. The predicted molar refractivity (Wildman–Crippen MR) is 79.4 cm³/mol. The minimum atomic E-state index is -0.644. The number of nitrogens with one attached hydrogen (secondary N) is 1. The average Bonchev–Trinajstić information content (AvgIpc) is 2.44. The van der Waals surface area contributed by atoms with Crippen LogP contribution in [0.5, 0.6) is 5.75 Å². The fraction of sp³-hybridized carbons (Fsp3) is 0.625. The van der Waals surface area contributed by atoms with Gasteiger partial charge in [0.1, 0.15) is 12.7 Å². The topological polar surface area (TPSA) is 41.5 Å². The Morgan fingerprint density at radius 3 is 2.65 bits per heavy atom. The molecule has 2 N–H and O–H groups in total. The molecule has 0 heterocycles. The summed E-state index contributed by atoms with van der Waals surface area (Å²) in [5.74, 6) is 0.446. The first-order chi connectivity index (χ1) is 9.52. The van der Waals surface area contributed by atoms with Gasteiger partial charge in [-0.3, -0.25) is 0 Å². The van der Waals surface area contributed by atoms with E-state index < -0.39 is 11.9 Å². The Bertz CT molecular complexity index is 386. The summed E-state index contributed by atoms with van der Waals surface area (Å²) in [6.07, 6.45) is 1.59. The number of hydrogen-bond acceptors (Lipinski definition) is 3. The maximum absolute atomic E-state index is 13.3. The Kier molecular flexibility index (Phi) is 7.55. The fourth-order valence-electron chi connectivity index (χ4n) is 2.00. The van der Waals surface area contributed by atoms with Crippen molar-refractivity contribution in [3.05, 3.63) is 30.1 Å². The Morgan fingerprint density at radius 2 is 2.00 bits per heavy atom. The number of aliphatic hydroxyl groups is 1. The number of aliphatic hydroxyl groups excluding tert-OH is 1. The Hall–Kier alpha value is -1.13. The van der Waals surface area contributed by atoms with Crippen molar-refractivity contribution in [2.45, 2.75) is 45.8 Å². The van der Waals surface area contributed by atoms with Crippen LogP contribution in [0.1, 0.15) is 33.6 Å². The van der Waals surface area contributed by atoms with E-state index >= 15 is 0 Å². The lowest BCUT2D eigenvalue weighted by Gasteiger charge is -2.20. The van der Waals surface area contributed by atoms with Gasteiger partial charge >= 0.3 is 0 Å². The third-order valence-corrected chi connectivity index (χ3v) is 3.42. The van der Waals surface area contributed by atoms with E-state index in [1.807, 2.05) is 0 Å². The van der Waals surface area contributed by atoms with Gasteiger partial charge in [-0.2, -0.15) is 0 Å². The zero-order chi connectivity index (χ0) is 15.0. The highest BCUT2D eigenvalue weighted by atomic mass is 19.1. The highest BCUT2D eigenvalue weighted by molar-refractivity contribution is 5.23. The second kappa shape index (κ2) is 8.93. The van der Waals surface area contributed by atoms with Crippen molar-refractivity contribution < 1.29 is 14.2 Å². The summed E-state index contributed by atoms with van der Waals surface area (Å²) in [5.41, 5.74) is 0. The molecule has 20 heavy (non-hydrogen) atoms. The van der Waals surface area contributed by atoms with Gasteiger partial charge in [0.25, 0.3) is 0 Å². The highest BCUT2D eigenvalue weighted by Gasteiger charge is 2.11. The molecule has 0 fully saturated rings. The molecular weight excluding hydrogens is 257 g/mol. The van der Waals surface area contributed by atoms with Crippen LogP contribution in [0.2, 0.25) is 0 Å². The van der Waals surface area contributed by atoms with Gasteiger partial charge < -0.3 is 15.2 Å². The summed E-state index contributed by atoms with van der Waals surface area (Å²) in [6.45, 7) is 7.04. The largest absolute Gasteiger partial charge is 0.488 e. The van der Waals surface area contributed by atoms with Crippen molar-refractivity contribution in [1.29, 1.82) is 0 Å². The minimum Gasteiger partial charge on any atom is -0.488 e.